The Morgan fingerprint density at radius 2 is 1.67 bits per heavy atom. The summed E-state index contributed by atoms with van der Waals surface area (Å²) < 4.78 is 3.55. The van der Waals surface area contributed by atoms with Crippen LogP contribution >= 0.6 is 0 Å². The van der Waals surface area contributed by atoms with E-state index in [0.29, 0.717) is 17.9 Å². The van der Waals surface area contributed by atoms with Crippen molar-refractivity contribution >= 4 is 22.5 Å². The van der Waals surface area contributed by atoms with Crippen molar-refractivity contribution in [3.63, 3.8) is 0 Å². The summed E-state index contributed by atoms with van der Waals surface area (Å²) in [5.41, 5.74) is 2.62. The number of benzene rings is 3. The maximum atomic E-state index is 12.8. The van der Waals surface area contributed by atoms with Crippen molar-refractivity contribution in [1.82, 2.24) is 19.6 Å². The molecule has 146 valence electrons. The zero-order chi connectivity index (χ0) is 20.3. The van der Waals surface area contributed by atoms with E-state index in [1.165, 1.54) is 10.8 Å². The highest BCUT2D eigenvalue weighted by atomic mass is 16.1. The van der Waals surface area contributed by atoms with Gasteiger partial charge in [-0.3, -0.25) is 4.79 Å². The third kappa shape index (κ3) is 3.46. The second-order valence-corrected chi connectivity index (χ2v) is 6.96. The fourth-order valence-corrected chi connectivity index (χ4v) is 3.53. The van der Waals surface area contributed by atoms with Gasteiger partial charge in [-0.05, 0) is 46.7 Å². The first-order valence-electron chi connectivity index (χ1n) is 9.68. The molecular weight excluding hydrogens is 374 g/mol. The minimum absolute atomic E-state index is 0.179. The number of carbonyl (C=O) groups excluding carboxylic acids is 1. The molecule has 0 bridgehead atoms. The molecule has 0 aliphatic carbocycles. The molecule has 2 aromatic heterocycles. The minimum atomic E-state index is -0.179. The topological polar surface area (TPSA) is 64.7 Å². The smallest absolute Gasteiger partial charge is 0.256 e. The summed E-state index contributed by atoms with van der Waals surface area (Å²) in [7, 11) is 0. The van der Waals surface area contributed by atoms with Crippen LogP contribution in [0.3, 0.4) is 0 Å². The Hall–Kier alpha value is -4.19. The lowest BCUT2D eigenvalue weighted by Gasteiger charge is -2.11. The second kappa shape index (κ2) is 7.67. The summed E-state index contributed by atoms with van der Waals surface area (Å²) in [5.74, 6) is 0.478. The molecule has 0 aliphatic rings. The first-order valence-corrected chi connectivity index (χ1v) is 9.68. The van der Waals surface area contributed by atoms with Gasteiger partial charge < -0.3 is 5.32 Å². The van der Waals surface area contributed by atoms with Gasteiger partial charge in [-0.15, -0.1) is 0 Å². The number of aromatic nitrogens is 4. The van der Waals surface area contributed by atoms with Crippen LogP contribution in [0.2, 0.25) is 0 Å². The van der Waals surface area contributed by atoms with Gasteiger partial charge >= 0.3 is 0 Å². The molecule has 1 amide bonds. The molecule has 0 fully saturated rings. The summed E-state index contributed by atoms with van der Waals surface area (Å²) in [6.45, 7) is 0.572. The highest BCUT2D eigenvalue weighted by Gasteiger charge is 2.11. The van der Waals surface area contributed by atoms with E-state index in [9.17, 15) is 4.79 Å². The minimum Gasteiger partial charge on any atom is -0.307 e. The van der Waals surface area contributed by atoms with Crippen molar-refractivity contribution in [2.24, 2.45) is 0 Å². The Morgan fingerprint density at radius 1 is 0.833 bits per heavy atom. The lowest BCUT2D eigenvalue weighted by atomic mass is 10.0. The van der Waals surface area contributed by atoms with Gasteiger partial charge in [0.1, 0.15) is 5.82 Å². The SMILES string of the molecule is O=C(Nc1ccnn1Cc1cccc2ccccc12)c1ccc(-n2cccn2)cc1. The molecule has 0 saturated heterocycles. The van der Waals surface area contributed by atoms with Crippen molar-refractivity contribution in [2.75, 3.05) is 5.32 Å². The largest absolute Gasteiger partial charge is 0.307 e. The summed E-state index contributed by atoms with van der Waals surface area (Å²) in [4.78, 5) is 12.8. The summed E-state index contributed by atoms with van der Waals surface area (Å²) in [5, 5.41) is 13.9. The molecule has 1 N–H and O–H groups in total. The molecule has 5 aromatic rings. The summed E-state index contributed by atoms with van der Waals surface area (Å²) in [6, 6.07) is 25.5. The van der Waals surface area contributed by atoms with Crippen LogP contribution in [0.25, 0.3) is 16.5 Å². The van der Waals surface area contributed by atoms with E-state index in [-0.39, 0.29) is 5.91 Å². The Labute approximate surface area is 173 Å². The third-order valence-electron chi connectivity index (χ3n) is 5.06. The zero-order valence-corrected chi connectivity index (χ0v) is 16.1. The molecule has 6 heteroatoms. The van der Waals surface area contributed by atoms with Gasteiger partial charge in [-0.1, -0.05) is 42.5 Å². The van der Waals surface area contributed by atoms with Crippen LogP contribution in [0, 0.1) is 0 Å². The molecule has 3 aromatic carbocycles. The van der Waals surface area contributed by atoms with E-state index in [4.69, 9.17) is 0 Å². The number of anilines is 1. The van der Waals surface area contributed by atoms with E-state index in [2.05, 4.69) is 39.8 Å². The molecule has 30 heavy (non-hydrogen) atoms. The van der Waals surface area contributed by atoms with E-state index >= 15 is 0 Å². The fourth-order valence-electron chi connectivity index (χ4n) is 3.53. The lowest BCUT2D eigenvalue weighted by Crippen LogP contribution is -2.16. The van der Waals surface area contributed by atoms with Crippen LogP contribution < -0.4 is 5.32 Å². The number of hydrogen-bond donors (Lipinski definition) is 1. The monoisotopic (exact) mass is 393 g/mol. The standard InChI is InChI=1S/C24H19N5O/c30-24(19-9-11-21(12-10-19)28-16-4-14-25-28)27-23-13-15-26-29(23)17-20-7-3-6-18-5-1-2-8-22(18)20/h1-16H,17H2,(H,27,30). The van der Waals surface area contributed by atoms with Crippen molar-refractivity contribution < 1.29 is 4.79 Å². The van der Waals surface area contributed by atoms with Crippen molar-refractivity contribution in [2.45, 2.75) is 6.54 Å². The van der Waals surface area contributed by atoms with E-state index in [0.717, 1.165) is 11.3 Å². The zero-order valence-electron chi connectivity index (χ0n) is 16.1. The molecule has 0 unspecified atom stereocenters. The van der Waals surface area contributed by atoms with Crippen molar-refractivity contribution in [1.29, 1.82) is 0 Å². The van der Waals surface area contributed by atoms with Crippen LogP contribution in [-0.4, -0.2) is 25.5 Å². The maximum absolute atomic E-state index is 12.8. The van der Waals surface area contributed by atoms with Crippen LogP contribution in [0.1, 0.15) is 15.9 Å². The van der Waals surface area contributed by atoms with Crippen LogP contribution in [-0.2, 0) is 6.54 Å². The predicted molar refractivity (Wildman–Crippen MR) is 117 cm³/mol. The molecule has 0 radical (unpaired) electrons. The van der Waals surface area contributed by atoms with Gasteiger partial charge in [-0.2, -0.15) is 10.2 Å². The molecular formula is C24H19N5O. The number of fused-ring (bicyclic) bond motifs is 1. The Kier molecular flexibility index (Phi) is 4.57. The second-order valence-electron chi connectivity index (χ2n) is 6.96. The highest BCUT2D eigenvalue weighted by Crippen LogP contribution is 2.21. The maximum Gasteiger partial charge on any atom is 0.256 e. The number of nitrogens with one attached hydrogen (secondary N) is 1. The molecule has 5 rings (SSSR count). The molecule has 0 aliphatic heterocycles. The van der Waals surface area contributed by atoms with Crippen molar-refractivity contribution in [3.05, 3.63) is 109 Å². The number of carbonyl (C=O) groups is 1. The van der Waals surface area contributed by atoms with Crippen LogP contribution in [0.15, 0.2) is 97.5 Å². The summed E-state index contributed by atoms with van der Waals surface area (Å²) in [6.07, 6.45) is 5.28. The van der Waals surface area contributed by atoms with Gasteiger partial charge in [0, 0.05) is 24.0 Å². The van der Waals surface area contributed by atoms with E-state index < -0.39 is 0 Å². The lowest BCUT2D eigenvalue weighted by molar-refractivity contribution is 0.102. The summed E-state index contributed by atoms with van der Waals surface area (Å²) >= 11 is 0. The molecule has 0 spiro atoms. The number of amides is 1. The van der Waals surface area contributed by atoms with E-state index in [1.54, 1.807) is 40.0 Å². The van der Waals surface area contributed by atoms with Gasteiger partial charge in [0.05, 0.1) is 18.4 Å². The first kappa shape index (κ1) is 17.9. The first-order chi connectivity index (χ1) is 14.8. The third-order valence-corrected chi connectivity index (χ3v) is 5.06. The van der Waals surface area contributed by atoms with Crippen LogP contribution in [0.4, 0.5) is 5.82 Å². The normalized spacial score (nSPS) is 10.9. The molecule has 0 saturated carbocycles. The van der Waals surface area contributed by atoms with Crippen LogP contribution in [0.5, 0.6) is 0 Å². The van der Waals surface area contributed by atoms with Gasteiger partial charge in [0.15, 0.2) is 0 Å². The Balaban J connectivity index is 1.35. The Bertz CT molecular complexity index is 1300. The van der Waals surface area contributed by atoms with Gasteiger partial charge in [0.2, 0.25) is 0 Å². The Morgan fingerprint density at radius 3 is 2.50 bits per heavy atom. The van der Waals surface area contributed by atoms with Gasteiger partial charge in [-0.25, -0.2) is 9.36 Å². The number of nitrogens with zero attached hydrogens (tertiary/aromatic N) is 4. The fraction of sp³-hybridized carbons (Fsp3) is 0.0417. The van der Waals surface area contributed by atoms with E-state index in [1.807, 2.05) is 42.6 Å². The van der Waals surface area contributed by atoms with Gasteiger partial charge in [0.25, 0.3) is 5.91 Å². The molecule has 0 atom stereocenters. The average Bonchev–Trinajstić information content (AvgIpc) is 3.47. The quantitative estimate of drug-likeness (QED) is 0.477. The number of rotatable bonds is 5. The average molecular weight is 393 g/mol. The molecule has 2 heterocycles. The predicted octanol–water partition coefficient (Wildman–Crippen LogP) is 4.52. The highest BCUT2D eigenvalue weighted by molar-refractivity contribution is 6.03. The molecule has 6 nitrogen and oxygen atoms in total. The number of hydrogen-bond acceptors (Lipinski definition) is 3. The van der Waals surface area contributed by atoms with Crippen molar-refractivity contribution in [3.8, 4) is 5.69 Å².